The van der Waals surface area contributed by atoms with Gasteiger partial charge in [-0.3, -0.25) is 9.59 Å². The lowest BCUT2D eigenvalue weighted by Gasteiger charge is -2.28. The molecule has 6 heteroatoms. The Balaban J connectivity index is 1.77. The molecule has 0 unspecified atom stereocenters. The summed E-state index contributed by atoms with van der Waals surface area (Å²) in [5.41, 5.74) is 1.28. The van der Waals surface area contributed by atoms with E-state index < -0.39 is 5.54 Å². The molecule has 0 atom stereocenters. The maximum Gasteiger partial charge on any atom is 0.252 e. The van der Waals surface area contributed by atoms with Crippen molar-refractivity contribution in [2.75, 3.05) is 7.11 Å². The molecule has 2 aromatic rings. The highest BCUT2D eigenvalue weighted by Crippen LogP contribution is 2.41. The van der Waals surface area contributed by atoms with Crippen molar-refractivity contribution in [1.29, 1.82) is 0 Å². The fraction of sp³-hybridized carbons (Fsp3) is 0.481. The number of methoxy groups -OCH3 is 1. The molecule has 178 valence electrons. The lowest BCUT2D eigenvalue weighted by molar-refractivity contribution is -0.124. The topological polar surface area (TPSA) is 87.7 Å². The first kappa shape index (κ1) is 24.6. The molecule has 1 aliphatic carbocycles. The van der Waals surface area contributed by atoms with Crippen LogP contribution in [0, 0.1) is 0 Å². The third kappa shape index (κ3) is 5.49. The number of rotatable bonds is 6. The smallest absolute Gasteiger partial charge is 0.252 e. The van der Waals surface area contributed by atoms with Crippen molar-refractivity contribution in [1.82, 2.24) is 10.6 Å². The summed E-state index contributed by atoms with van der Waals surface area (Å²) in [4.78, 5) is 26.1. The van der Waals surface area contributed by atoms with Gasteiger partial charge in [0.25, 0.3) is 5.91 Å². The van der Waals surface area contributed by atoms with Gasteiger partial charge in [0, 0.05) is 23.2 Å². The molecule has 2 aromatic carbocycles. The van der Waals surface area contributed by atoms with Gasteiger partial charge < -0.3 is 20.5 Å². The Kier molecular flexibility index (Phi) is 6.51. The van der Waals surface area contributed by atoms with Crippen LogP contribution in [0.4, 0.5) is 0 Å². The van der Waals surface area contributed by atoms with Gasteiger partial charge in [0.2, 0.25) is 5.91 Å². The minimum absolute atomic E-state index is 0.183. The monoisotopic (exact) mass is 452 g/mol. The van der Waals surface area contributed by atoms with Crippen molar-refractivity contribution in [3.8, 4) is 11.5 Å². The van der Waals surface area contributed by atoms with E-state index in [0.717, 1.165) is 11.3 Å². The van der Waals surface area contributed by atoms with Crippen LogP contribution in [0.25, 0.3) is 0 Å². The fourth-order valence-electron chi connectivity index (χ4n) is 3.83. The second kappa shape index (κ2) is 8.73. The second-order valence-electron chi connectivity index (χ2n) is 11.0. The number of aromatic hydroxyl groups is 1. The largest absolute Gasteiger partial charge is 0.507 e. The lowest BCUT2D eigenvalue weighted by atomic mass is 9.78. The zero-order chi connectivity index (χ0) is 24.6. The molecule has 0 bridgehead atoms. The third-order valence-corrected chi connectivity index (χ3v) is 6.14. The summed E-state index contributed by atoms with van der Waals surface area (Å²) in [6.45, 7) is 12.4. The van der Waals surface area contributed by atoms with E-state index in [2.05, 4.69) is 10.6 Å². The molecule has 3 rings (SSSR count). The summed E-state index contributed by atoms with van der Waals surface area (Å²) in [5, 5.41) is 16.8. The van der Waals surface area contributed by atoms with Gasteiger partial charge in [0.1, 0.15) is 17.0 Å². The predicted molar refractivity (Wildman–Crippen MR) is 130 cm³/mol. The highest BCUT2D eigenvalue weighted by Gasteiger charge is 2.51. The van der Waals surface area contributed by atoms with Crippen LogP contribution in [-0.2, 0) is 22.2 Å². The Hall–Kier alpha value is -3.02. The number of hydrogen-bond acceptors (Lipinski definition) is 4. The zero-order valence-electron chi connectivity index (χ0n) is 20.8. The fourth-order valence-corrected chi connectivity index (χ4v) is 3.83. The van der Waals surface area contributed by atoms with Gasteiger partial charge in [-0.1, -0.05) is 53.7 Å². The quantitative estimate of drug-likeness (QED) is 0.599. The Bertz CT molecular complexity index is 1000. The minimum atomic E-state index is -0.884. The van der Waals surface area contributed by atoms with Crippen molar-refractivity contribution in [2.24, 2.45) is 0 Å². The summed E-state index contributed by atoms with van der Waals surface area (Å²) in [5.74, 6) is 0.500. The van der Waals surface area contributed by atoms with Crippen LogP contribution in [0.15, 0.2) is 36.4 Å². The molecule has 0 saturated heterocycles. The molecular weight excluding hydrogens is 416 g/mol. The minimum Gasteiger partial charge on any atom is -0.507 e. The Labute approximate surface area is 196 Å². The van der Waals surface area contributed by atoms with Gasteiger partial charge in [0.15, 0.2) is 0 Å². The van der Waals surface area contributed by atoms with E-state index in [1.807, 2.05) is 65.8 Å². The van der Waals surface area contributed by atoms with E-state index in [1.54, 1.807) is 19.2 Å². The van der Waals surface area contributed by atoms with E-state index in [-0.39, 0.29) is 28.4 Å². The molecule has 6 nitrogen and oxygen atoms in total. The Morgan fingerprint density at radius 2 is 1.48 bits per heavy atom. The molecule has 0 aliphatic heterocycles. The Morgan fingerprint density at radius 1 is 0.970 bits per heavy atom. The van der Waals surface area contributed by atoms with E-state index in [1.165, 1.54) is 0 Å². The highest BCUT2D eigenvalue weighted by atomic mass is 16.5. The van der Waals surface area contributed by atoms with E-state index in [0.29, 0.717) is 36.1 Å². The molecule has 2 amide bonds. The first-order valence-corrected chi connectivity index (χ1v) is 11.4. The molecule has 33 heavy (non-hydrogen) atoms. The Morgan fingerprint density at radius 3 is 1.91 bits per heavy atom. The average molecular weight is 453 g/mol. The zero-order valence-corrected chi connectivity index (χ0v) is 20.8. The molecule has 1 aliphatic rings. The van der Waals surface area contributed by atoms with Gasteiger partial charge >= 0.3 is 0 Å². The second-order valence-corrected chi connectivity index (χ2v) is 11.0. The van der Waals surface area contributed by atoms with Crippen molar-refractivity contribution in [2.45, 2.75) is 77.3 Å². The van der Waals surface area contributed by atoms with Crippen LogP contribution in [0.3, 0.4) is 0 Å². The predicted octanol–water partition coefficient (Wildman–Crippen LogP) is 4.57. The van der Waals surface area contributed by atoms with E-state index in [4.69, 9.17) is 4.74 Å². The van der Waals surface area contributed by atoms with Crippen molar-refractivity contribution < 1.29 is 19.4 Å². The molecule has 0 heterocycles. The lowest BCUT2D eigenvalue weighted by Crippen LogP contribution is -2.48. The van der Waals surface area contributed by atoms with Gasteiger partial charge in [0.05, 0.1) is 7.11 Å². The highest BCUT2D eigenvalue weighted by molar-refractivity contribution is 6.01. The summed E-state index contributed by atoms with van der Waals surface area (Å²) in [7, 11) is 1.61. The maximum atomic E-state index is 13.2. The van der Waals surface area contributed by atoms with Crippen LogP contribution in [-0.4, -0.2) is 29.6 Å². The number of carbonyl (C=O) groups is 2. The third-order valence-electron chi connectivity index (χ3n) is 6.14. The number of carbonyl (C=O) groups excluding carboxylic acids is 2. The normalized spacial score (nSPS) is 15.0. The molecular formula is C27H36N2O4. The average Bonchev–Trinajstić information content (AvgIpc) is 3.51. The van der Waals surface area contributed by atoms with Gasteiger partial charge in [-0.25, -0.2) is 0 Å². The van der Waals surface area contributed by atoms with Crippen molar-refractivity contribution in [3.05, 3.63) is 58.7 Å². The number of phenols is 1. The van der Waals surface area contributed by atoms with Gasteiger partial charge in [-0.05, 0) is 53.5 Å². The number of ether oxygens (including phenoxy) is 1. The number of amides is 2. The molecule has 0 spiro atoms. The SMILES string of the molecule is COc1ccc(CNC(=O)C2(NC(=O)c3cc(C(C)(C)C)c(O)c(C(C)(C)C)c3)CC2)cc1. The summed E-state index contributed by atoms with van der Waals surface area (Å²) < 4.78 is 5.16. The first-order chi connectivity index (χ1) is 15.3. The van der Waals surface area contributed by atoms with E-state index >= 15 is 0 Å². The number of nitrogens with one attached hydrogen (secondary N) is 2. The van der Waals surface area contributed by atoms with Crippen molar-refractivity contribution >= 4 is 11.8 Å². The van der Waals surface area contributed by atoms with E-state index in [9.17, 15) is 14.7 Å². The van der Waals surface area contributed by atoms with Crippen LogP contribution < -0.4 is 15.4 Å². The van der Waals surface area contributed by atoms with Crippen LogP contribution in [0.5, 0.6) is 11.5 Å². The van der Waals surface area contributed by atoms with Gasteiger partial charge in [-0.2, -0.15) is 0 Å². The number of hydrogen-bond donors (Lipinski definition) is 3. The molecule has 1 fully saturated rings. The molecule has 0 radical (unpaired) electrons. The number of phenolic OH excluding ortho intramolecular Hbond substituents is 1. The maximum absolute atomic E-state index is 13.2. The van der Waals surface area contributed by atoms with Crippen LogP contribution >= 0.6 is 0 Å². The standard InChI is InChI=1S/C27H36N2O4/c1-25(2,3)20-14-18(15-21(22(20)30)26(4,5)6)23(31)29-27(12-13-27)24(32)28-16-17-8-10-19(33-7)11-9-17/h8-11,14-15,30H,12-13,16H2,1-7H3,(H,28,32)(H,29,31). The van der Waals surface area contributed by atoms with Crippen LogP contribution in [0.1, 0.15) is 81.4 Å². The van der Waals surface area contributed by atoms with Gasteiger partial charge in [-0.15, -0.1) is 0 Å². The molecule has 3 N–H and O–H groups in total. The van der Waals surface area contributed by atoms with Crippen LogP contribution in [0.2, 0.25) is 0 Å². The molecule has 1 saturated carbocycles. The summed E-state index contributed by atoms with van der Waals surface area (Å²) in [6, 6.07) is 11.0. The molecule has 0 aromatic heterocycles. The first-order valence-electron chi connectivity index (χ1n) is 11.4. The summed E-state index contributed by atoms with van der Waals surface area (Å²) >= 11 is 0. The number of benzene rings is 2. The van der Waals surface area contributed by atoms with Crippen molar-refractivity contribution in [3.63, 3.8) is 0 Å². The summed E-state index contributed by atoms with van der Waals surface area (Å²) in [6.07, 6.45) is 1.20.